The number of benzene rings is 1. The fourth-order valence-corrected chi connectivity index (χ4v) is 3.32. The number of nitrogens with zero attached hydrogens (tertiary/aromatic N) is 1. The van der Waals surface area contributed by atoms with Gasteiger partial charge in [0.15, 0.2) is 0 Å². The largest absolute Gasteiger partial charge is 0.376 e. The Morgan fingerprint density at radius 1 is 1.10 bits per heavy atom. The molecule has 108 valence electrons. The number of hydrogen-bond acceptors (Lipinski definition) is 2. The average molecular weight is 273 g/mol. The fourth-order valence-electron chi connectivity index (χ4n) is 3.32. The average Bonchev–Trinajstić information content (AvgIpc) is 3.18. The number of carbonyl (C=O) groups excluding carboxylic acids is 1. The zero-order valence-corrected chi connectivity index (χ0v) is 12.0. The first kappa shape index (κ1) is 13.6. The predicted octanol–water partition coefficient (Wildman–Crippen LogP) is 3.39. The molecule has 3 rings (SSSR count). The van der Waals surface area contributed by atoms with Gasteiger partial charge in [0, 0.05) is 18.2 Å². The lowest BCUT2D eigenvalue weighted by Crippen LogP contribution is -2.40. The summed E-state index contributed by atoms with van der Waals surface area (Å²) >= 11 is 0. The van der Waals surface area contributed by atoms with Crippen LogP contribution in [0.25, 0.3) is 0 Å². The molecule has 0 N–H and O–H groups in total. The summed E-state index contributed by atoms with van der Waals surface area (Å²) in [4.78, 5) is 14.8. The van der Waals surface area contributed by atoms with Gasteiger partial charge in [0.05, 0.1) is 12.6 Å². The van der Waals surface area contributed by atoms with E-state index in [1.807, 2.05) is 35.2 Å². The number of para-hydroxylation sites is 1. The minimum atomic E-state index is 0.209. The first-order valence-corrected chi connectivity index (χ1v) is 7.82. The van der Waals surface area contributed by atoms with E-state index in [1.165, 1.54) is 12.8 Å². The molecule has 1 unspecified atom stereocenters. The van der Waals surface area contributed by atoms with Gasteiger partial charge in [-0.2, -0.15) is 0 Å². The van der Waals surface area contributed by atoms with Crippen LogP contribution in [0.2, 0.25) is 0 Å². The molecule has 3 nitrogen and oxygen atoms in total. The molecule has 1 atom stereocenters. The molecule has 1 amide bonds. The zero-order chi connectivity index (χ0) is 13.8. The van der Waals surface area contributed by atoms with E-state index in [2.05, 4.69) is 0 Å². The molecule has 0 radical (unpaired) electrons. The molecule has 1 aliphatic heterocycles. The lowest BCUT2D eigenvalue weighted by atomic mass is 10.1. The molecule has 1 heterocycles. The summed E-state index contributed by atoms with van der Waals surface area (Å²) < 4.78 is 5.72. The second-order valence-electron chi connectivity index (χ2n) is 5.90. The normalized spacial score (nSPS) is 23.1. The summed E-state index contributed by atoms with van der Waals surface area (Å²) in [5.74, 6) is 0.515. The van der Waals surface area contributed by atoms with Gasteiger partial charge in [-0.1, -0.05) is 31.0 Å². The Labute approximate surface area is 120 Å². The maximum atomic E-state index is 12.8. The number of anilines is 1. The van der Waals surface area contributed by atoms with Gasteiger partial charge in [0.25, 0.3) is 0 Å². The van der Waals surface area contributed by atoms with Crippen molar-refractivity contribution in [3.63, 3.8) is 0 Å². The molecule has 3 heteroatoms. The highest BCUT2D eigenvalue weighted by atomic mass is 16.5. The zero-order valence-electron chi connectivity index (χ0n) is 12.0. The molecule has 2 aliphatic rings. The fraction of sp³-hybridized carbons (Fsp3) is 0.588. The first-order chi connectivity index (χ1) is 9.84. The van der Waals surface area contributed by atoms with Crippen LogP contribution in [0.4, 0.5) is 5.69 Å². The maximum Gasteiger partial charge on any atom is 0.230 e. The van der Waals surface area contributed by atoms with Crippen molar-refractivity contribution >= 4 is 11.6 Å². The molecule has 0 aromatic heterocycles. The van der Waals surface area contributed by atoms with Gasteiger partial charge in [-0.25, -0.2) is 0 Å². The first-order valence-electron chi connectivity index (χ1n) is 7.82. The van der Waals surface area contributed by atoms with Crippen molar-refractivity contribution in [2.24, 2.45) is 5.92 Å². The molecule has 1 saturated heterocycles. The van der Waals surface area contributed by atoms with E-state index in [4.69, 9.17) is 4.74 Å². The van der Waals surface area contributed by atoms with E-state index in [0.29, 0.717) is 12.5 Å². The molecule has 1 saturated carbocycles. The second-order valence-corrected chi connectivity index (χ2v) is 5.90. The number of amides is 1. The van der Waals surface area contributed by atoms with E-state index < -0.39 is 0 Å². The summed E-state index contributed by atoms with van der Waals surface area (Å²) in [6.45, 7) is 1.55. The third kappa shape index (κ3) is 3.04. The van der Waals surface area contributed by atoms with Crippen LogP contribution in [-0.4, -0.2) is 25.2 Å². The van der Waals surface area contributed by atoms with Gasteiger partial charge in [0.2, 0.25) is 5.91 Å². The number of rotatable bonds is 4. The summed E-state index contributed by atoms with van der Waals surface area (Å²) in [7, 11) is 0. The molecule has 20 heavy (non-hydrogen) atoms. The van der Waals surface area contributed by atoms with Crippen molar-refractivity contribution in [3.05, 3.63) is 30.3 Å². The molecule has 1 aromatic rings. The third-order valence-electron chi connectivity index (χ3n) is 4.45. The molecule has 0 spiro atoms. The quantitative estimate of drug-likeness (QED) is 0.841. The monoisotopic (exact) mass is 273 g/mol. The molecular weight excluding hydrogens is 250 g/mol. The van der Waals surface area contributed by atoms with Crippen molar-refractivity contribution in [2.75, 3.05) is 18.1 Å². The van der Waals surface area contributed by atoms with Crippen molar-refractivity contribution in [2.45, 2.75) is 44.6 Å². The lowest BCUT2D eigenvalue weighted by molar-refractivity contribution is -0.122. The standard InChI is InChI=1S/C17H23NO2/c19-17(14-7-4-5-8-14)18(13-16-11-6-12-20-16)15-9-2-1-3-10-15/h1-3,9-10,14,16H,4-8,11-13H2. The highest BCUT2D eigenvalue weighted by Gasteiger charge is 2.30. The van der Waals surface area contributed by atoms with Gasteiger partial charge in [-0.15, -0.1) is 0 Å². The highest BCUT2D eigenvalue weighted by Crippen LogP contribution is 2.29. The van der Waals surface area contributed by atoms with Crippen LogP contribution in [0.1, 0.15) is 38.5 Å². The third-order valence-corrected chi connectivity index (χ3v) is 4.45. The van der Waals surface area contributed by atoms with Crippen molar-refractivity contribution in [1.82, 2.24) is 0 Å². The predicted molar refractivity (Wildman–Crippen MR) is 79.7 cm³/mol. The van der Waals surface area contributed by atoms with E-state index in [1.54, 1.807) is 0 Å². The van der Waals surface area contributed by atoms with Crippen LogP contribution in [0.3, 0.4) is 0 Å². The van der Waals surface area contributed by atoms with Crippen LogP contribution in [0.15, 0.2) is 30.3 Å². The van der Waals surface area contributed by atoms with Crippen LogP contribution >= 0.6 is 0 Å². The van der Waals surface area contributed by atoms with Crippen LogP contribution in [-0.2, 0) is 9.53 Å². The topological polar surface area (TPSA) is 29.5 Å². The Kier molecular flexibility index (Phi) is 4.36. The van der Waals surface area contributed by atoms with E-state index in [9.17, 15) is 4.79 Å². The van der Waals surface area contributed by atoms with Gasteiger partial charge in [-0.05, 0) is 37.8 Å². The Morgan fingerprint density at radius 3 is 2.50 bits per heavy atom. The Hall–Kier alpha value is -1.35. The van der Waals surface area contributed by atoms with Crippen molar-refractivity contribution in [3.8, 4) is 0 Å². The maximum absolute atomic E-state index is 12.8. The lowest BCUT2D eigenvalue weighted by Gasteiger charge is -2.28. The SMILES string of the molecule is O=C(C1CCCC1)N(CC1CCCO1)c1ccccc1. The van der Waals surface area contributed by atoms with E-state index >= 15 is 0 Å². The van der Waals surface area contributed by atoms with E-state index in [0.717, 1.165) is 38.0 Å². The highest BCUT2D eigenvalue weighted by molar-refractivity contribution is 5.95. The van der Waals surface area contributed by atoms with Gasteiger partial charge >= 0.3 is 0 Å². The van der Waals surface area contributed by atoms with Crippen molar-refractivity contribution < 1.29 is 9.53 Å². The van der Waals surface area contributed by atoms with Crippen LogP contribution in [0.5, 0.6) is 0 Å². The molecular formula is C17H23NO2. The minimum Gasteiger partial charge on any atom is -0.376 e. The summed E-state index contributed by atoms with van der Waals surface area (Å²) in [5, 5.41) is 0. The number of carbonyl (C=O) groups is 1. The molecule has 2 fully saturated rings. The van der Waals surface area contributed by atoms with Crippen LogP contribution in [0, 0.1) is 5.92 Å². The Morgan fingerprint density at radius 2 is 1.85 bits per heavy atom. The number of hydrogen-bond donors (Lipinski definition) is 0. The van der Waals surface area contributed by atoms with Crippen LogP contribution < -0.4 is 4.90 Å². The summed E-state index contributed by atoms with van der Waals surface area (Å²) in [6, 6.07) is 10.1. The second kappa shape index (κ2) is 6.40. The summed E-state index contributed by atoms with van der Waals surface area (Å²) in [6.07, 6.45) is 6.88. The van der Waals surface area contributed by atoms with Gasteiger partial charge in [0.1, 0.15) is 0 Å². The Bertz CT molecular complexity index is 434. The molecule has 1 aliphatic carbocycles. The molecule has 0 bridgehead atoms. The molecule has 1 aromatic carbocycles. The smallest absolute Gasteiger partial charge is 0.230 e. The minimum absolute atomic E-state index is 0.209. The van der Waals surface area contributed by atoms with Crippen molar-refractivity contribution in [1.29, 1.82) is 0 Å². The number of ether oxygens (including phenoxy) is 1. The van der Waals surface area contributed by atoms with E-state index in [-0.39, 0.29) is 12.0 Å². The summed E-state index contributed by atoms with van der Waals surface area (Å²) in [5.41, 5.74) is 1.01. The van der Waals surface area contributed by atoms with Gasteiger partial charge < -0.3 is 9.64 Å². The Balaban J connectivity index is 1.76. The van der Waals surface area contributed by atoms with Gasteiger partial charge in [-0.3, -0.25) is 4.79 Å².